The minimum Gasteiger partial charge on any atom is -0.472 e. The van der Waals surface area contributed by atoms with E-state index >= 15 is 0 Å². The largest absolute Gasteiger partial charge is 0.472 e. The van der Waals surface area contributed by atoms with Crippen LogP contribution >= 0.6 is 22.9 Å². The van der Waals surface area contributed by atoms with Crippen molar-refractivity contribution in [1.82, 2.24) is 9.88 Å². The highest BCUT2D eigenvalue weighted by Gasteiger charge is 2.24. The smallest absolute Gasteiger partial charge is 0.410 e. The number of amides is 1. The molecular formula is C20H22ClFN2O3S. The van der Waals surface area contributed by atoms with Crippen LogP contribution in [0.5, 0.6) is 5.88 Å². The molecule has 2 aromatic rings. The second-order valence-corrected chi connectivity index (χ2v) is 8.72. The van der Waals surface area contributed by atoms with Crippen LogP contribution in [0.2, 0.25) is 5.02 Å². The van der Waals surface area contributed by atoms with Crippen LogP contribution in [0.1, 0.15) is 37.8 Å². The van der Waals surface area contributed by atoms with Crippen LogP contribution in [-0.2, 0) is 11.3 Å². The summed E-state index contributed by atoms with van der Waals surface area (Å²) in [5.74, 6) is 0.0463. The number of halogens is 2. The predicted octanol–water partition coefficient (Wildman–Crippen LogP) is 5.54. The van der Waals surface area contributed by atoms with E-state index in [2.05, 4.69) is 4.98 Å². The number of carbonyl (C=O) groups is 1. The molecule has 0 N–H and O–H groups in total. The van der Waals surface area contributed by atoms with Crippen LogP contribution in [-0.4, -0.2) is 34.7 Å². The van der Waals surface area contributed by atoms with Crippen LogP contribution < -0.4 is 4.74 Å². The molecule has 0 radical (unpaired) electrons. The van der Waals surface area contributed by atoms with Crippen LogP contribution in [0.4, 0.5) is 9.18 Å². The van der Waals surface area contributed by atoms with Gasteiger partial charge in [-0.3, -0.25) is 0 Å². The van der Waals surface area contributed by atoms with Crippen molar-refractivity contribution in [1.29, 1.82) is 0 Å². The van der Waals surface area contributed by atoms with E-state index < -0.39 is 11.4 Å². The topological polar surface area (TPSA) is 51.7 Å². The zero-order valence-electron chi connectivity index (χ0n) is 16.0. The second-order valence-electron chi connectivity index (χ2n) is 7.42. The molecule has 1 amide bonds. The summed E-state index contributed by atoms with van der Waals surface area (Å²) in [5, 5.41) is 2.99. The average molecular weight is 425 g/mol. The number of hydrogen-bond acceptors (Lipinski definition) is 5. The molecule has 0 saturated heterocycles. The molecule has 0 atom stereocenters. The Morgan fingerprint density at radius 3 is 2.82 bits per heavy atom. The molecule has 5 nitrogen and oxygen atoms in total. The number of nitrogens with zero attached hydrogens (tertiary/aromatic N) is 2. The quantitative estimate of drug-likeness (QED) is 0.646. The number of rotatable bonds is 4. The Morgan fingerprint density at radius 2 is 2.18 bits per heavy atom. The monoisotopic (exact) mass is 424 g/mol. The molecule has 0 aliphatic carbocycles. The number of ether oxygens (including phenoxy) is 2. The van der Waals surface area contributed by atoms with E-state index in [9.17, 15) is 9.18 Å². The predicted molar refractivity (Wildman–Crippen MR) is 108 cm³/mol. The van der Waals surface area contributed by atoms with Crippen molar-refractivity contribution in [3.8, 4) is 5.88 Å². The average Bonchev–Trinajstić information content (AvgIpc) is 3.09. The normalized spacial score (nSPS) is 14.6. The molecule has 0 fully saturated rings. The van der Waals surface area contributed by atoms with Gasteiger partial charge in [-0.15, -0.1) is 11.3 Å². The maximum absolute atomic E-state index is 13.8. The summed E-state index contributed by atoms with van der Waals surface area (Å²) in [6.45, 7) is 6.69. The van der Waals surface area contributed by atoms with Gasteiger partial charge in [0.25, 0.3) is 0 Å². The van der Waals surface area contributed by atoms with Crippen molar-refractivity contribution in [2.45, 2.75) is 39.4 Å². The van der Waals surface area contributed by atoms with Gasteiger partial charge in [0.15, 0.2) is 0 Å². The minimum atomic E-state index is -0.508. The Balaban J connectivity index is 1.57. The van der Waals surface area contributed by atoms with E-state index in [-0.39, 0.29) is 12.7 Å². The zero-order valence-corrected chi connectivity index (χ0v) is 17.6. The molecule has 1 aromatic heterocycles. The van der Waals surface area contributed by atoms with Gasteiger partial charge in [-0.05, 0) is 44.9 Å². The Hall–Kier alpha value is -2.12. The Bertz CT molecular complexity index is 892. The number of aromatic nitrogens is 1. The van der Waals surface area contributed by atoms with Crippen LogP contribution in [0, 0.1) is 5.82 Å². The molecule has 150 valence electrons. The summed E-state index contributed by atoms with van der Waals surface area (Å²) in [6, 6.07) is 4.48. The highest BCUT2D eigenvalue weighted by Crippen LogP contribution is 2.29. The van der Waals surface area contributed by atoms with Crippen LogP contribution in [0.3, 0.4) is 0 Å². The van der Waals surface area contributed by atoms with Crippen molar-refractivity contribution in [3.05, 3.63) is 51.1 Å². The van der Waals surface area contributed by atoms with Gasteiger partial charge in [0.05, 0.1) is 5.38 Å². The summed E-state index contributed by atoms with van der Waals surface area (Å²) >= 11 is 7.22. The summed E-state index contributed by atoms with van der Waals surface area (Å²) in [6.07, 6.45) is 2.36. The van der Waals surface area contributed by atoms with E-state index in [1.165, 1.54) is 17.4 Å². The fourth-order valence-corrected chi connectivity index (χ4v) is 3.59. The number of carbonyl (C=O) groups excluding carboxylic acids is 1. The van der Waals surface area contributed by atoms with E-state index in [0.717, 1.165) is 10.6 Å². The highest BCUT2D eigenvalue weighted by atomic mass is 35.5. The van der Waals surface area contributed by atoms with Gasteiger partial charge < -0.3 is 14.4 Å². The van der Waals surface area contributed by atoms with E-state index in [0.29, 0.717) is 36.0 Å². The lowest BCUT2D eigenvalue weighted by molar-refractivity contribution is 0.0270. The van der Waals surface area contributed by atoms with Crippen molar-refractivity contribution in [3.63, 3.8) is 0 Å². The van der Waals surface area contributed by atoms with Crippen molar-refractivity contribution in [2.75, 3.05) is 13.1 Å². The van der Waals surface area contributed by atoms with Gasteiger partial charge in [0, 0.05) is 23.7 Å². The lowest BCUT2D eigenvalue weighted by Gasteiger charge is -2.29. The third kappa shape index (κ3) is 5.45. The van der Waals surface area contributed by atoms with Crippen LogP contribution in [0.25, 0.3) is 5.57 Å². The molecular weight excluding hydrogens is 403 g/mol. The summed E-state index contributed by atoms with van der Waals surface area (Å²) in [4.78, 5) is 18.3. The molecule has 0 bridgehead atoms. The van der Waals surface area contributed by atoms with Crippen molar-refractivity contribution in [2.24, 2.45) is 0 Å². The van der Waals surface area contributed by atoms with Crippen molar-refractivity contribution < 1.29 is 18.7 Å². The van der Waals surface area contributed by atoms with Gasteiger partial charge >= 0.3 is 6.09 Å². The first-order chi connectivity index (χ1) is 13.2. The number of benzene rings is 1. The molecule has 0 saturated carbocycles. The molecule has 2 heterocycles. The molecule has 1 aliphatic heterocycles. The number of thiazole rings is 1. The molecule has 0 spiro atoms. The maximum atomic E-state index is 13.8. The van der Waals surface area contributed by atoms with Gasteiger partial charge in [-0.1, -0.05) is 23.7 Å². The lowest BCUT2D eigenvalue weighted by atomic mass is 10.1. The zero-order chi connectivity index (χ0) is 20.3. The van der Waals surface area contributed by atoms with E-state index in [1.807, 2.05) is 26.8 Å². The third-order valence-corrected chi connectivity index (χ3v) is 5.14. The van der Waals surface area contributed by atoms with Gasteiger partial charge in [-0.25, -0.2) is 14.2 Å². The first-order valence-corrected chi connectivity index (χ1v) is 10.2. The van der Waals surface area contributed by atoms with Gasteiger partial charge in [0.1, 0.15) is 23.0 Å². The second kappa shape index (κ2) is 8.49. The summed E-state index contributed by atoms with van der Waals surface area (Å²) in [5.41, 5.74) is 0.979. The first kappa shape index (κ1) is 20.6. The highest BCUT2D eigenvalue weighted by molar-refractivity contribution is 7.11. The van der Waals surface area contributed by atoms with Gasteiger partial charge in [-0.2, -0.15) is 0 Å². The Morgan fingerprint density at radius 1 is 1.39 bits per heavy atom. The van der Waals surface area contributed by atoms with Crippen molar-refractivity contribution >= 4 is 34.6 Å². The molecule has 8 heteroatoms. The van der Waals surface area contributed by atoms with E-state index in [1.54, 1.807) is 22.4 Å². The first-order valence-electron chi connectivity index (χ1n) is 8.91. The fourth-order valence-electron chi connectivity index (χ4n) is 2.62. The Kier molecular flexibility index (Phi) is 6.25. The van der Waals surface area contributed by atoms with Gasteiger partial charge in [0.2, 0.25) is 5.88 Å². The lowest BCUT2D eigenvalue weighted by Crippen LogP contribution is -2.39. The SMILES string of the molecule is CC(C)(C)OC(=O)N1CC=C(c2nc(OCc3ccc(Cl)cc3F)cs2)CC1. The third-order valence-electron chi connectivity index (χ3n) is 4.01. The summed E-state index contributed by atoms with van der Waals surface area (Å²) in [7, 11) is 0. The Labute approximate surface area is 172 Å². The van der Waals surface area contributed by atoms with E-state index in [4.69, 9.17) is 21.1 Å². The molecule has 3 rings (SSSR count). The minimum absolute atomic E-state index is 0.0810. The number of hydrogen-bond donors (Lipinski definition) is 0. The summed E-state index contributed by atoms with van der Waals surface area (Å²) < 4.78 is 24.8. The molecule has 1 aromatic carbocycles. The standard InChI is InChI=1S/C20H22ClFN2O3S/c1-20(2,3)27-19(25)24-8-6-13(7-9-24)18-23-17(12-28-18)26-11-14-4-5-15(21)10-16(14)22/h4-6,10,12H,7-9,11H2,1-3H3. The molecule has 1 aliphatic rings. The maximum Gasteiger partial charge on any atom is 0.410 e. The molecule has 28 heavy (non-hydrogen) atoms. The van der Waals surface area contributed by atoms with Crippen LogP contribution in [0.15, 0.2) is 29.7 Å². The fraction of sp³-hybridized carbons (Fsp3) is 0.400. The molecule has 0 unspecified atom stereocenters.